The van der Waals surface area contributed by atoms with Crippen LogP contribution in [0.3, 0.4) is 0 Å². The monoisotopic (exact) mass is 296 g/mol. The van der Waals surface area contributed by atoms with Crippen LogP contribution in [-0.4, -0.2) is 9.97 Å². The third kappa shape index (κ3) is 2.59. The van der Waals surface area contributed by atoms with E-state index in [1.165, 1.54) is 0 Å². The number of aromatic nitrogens is 2. The molecule has 0 aliphatic carbocycles. The van der Waals surface area contributed by atoms with Crippen molar-refractivity contribution in [1.82, 2.24) is 9.97 Å². The van der Waals surface area contributed by atoms with Crippen LogP contribution >= 0.6 is 39.1 Å². The number of hydrogen-bond donors (Lipinski definition) is 0. The van der Waals surface area contributed by atoms with Gasteiger partial charge in [0.1, 0.15) is 11.0 Å². The highest BCUT2D eigenvalue weighted by molar-refractivity contribution is 9.10. The highest BCUT2D eigenvalue weighted by atomic mass is 79.9. The summed E-state index contributed by atoms with van der Waals surface area (Å²) in [4.78, 5) is 8.39. The van der Waals surface area contributed by atoms with Crippen molar-refractivity contribution in [2.24, 2.45) is 0 Å². The Balaban J connectivity index is 3.35. The van der Waals surface area contributed by atoms with E-state index >= 15 is 0 Å². The molecular formula is C9H11BrCl2N2. The quantitative estimate of drug-likeness (QED) is 0.580. The van der Waals surface area contributed by atoms with Gasteiger partial charge in [0.2, 0.25) is 0 Å². The third-order valence-electron chi connectivity index (χ3n) is 1.69. The normalized spacial score (nSPS) is 11.9. The van der Waals surface area contributed by atoms with Gasteiger partial charge in [-0.05, 0) is 15.9 Å². The molecule has 0 spiro atoms. The van der Waals surface area contributed by atoms with E-state index in [2.05, 4.69) is 46.7 Å². The molecule has 1 aromatic heterocycles. The van der Waals surface area contributed by atoms with Gasteiger partial charge in [-0.3, -0.25) is 0 Å². The van der Waals surface area contributed by atoms with Gasteiger partial charge in [-0.15, -0.1) is 11.6 Å². The fourth-order valence-electron chi connectivity index (χ4n) is 1.02. The maximum Gasteiger partial charge on any atom is 0.147 e. The predicted octanol–water partition coefficient (Wildman–Crippen LogP) is 3.93. The maximum absolute atomic E-state index is 5.95. The lowest BCUT2D eigenvalue weighted by atomic mass is 9.92. The van der Waals surface area contributed by atoms with Gasteiger partial charge in [-0.1, -0.05) is 32.4 Å². The van der Waals surface area contributed by atoms with Crippen LogP contribution in [0.2, 0.25) is 5.15 Å². The smallest absolute Gasteiger partial charge is 0.147 e. The van der Waals surface area contributed by atoms with Crippen LogP contribution in [-0.2, 0) is 11.3 Å². The lowest BCUT2D eigenvalue weighted by Gasteiger charge is -2.20. The molecule has 0 unspecified atom stereocenters. The minimum atomic E-state index is -0.0772. The number of hydrogen-bond acceptors (Lipinski definition) is 2. The molecule has 0 aliphatic rings. The van der Waals surface area contributed by atoms with Crippen LogP contribution in [0.1, 0.15) is 32.3 Å². The molecule has 0 bridgehead atoms. The summed E-state index contributed by atoms with van der Waals surface area (Å²) >= 11 is 15.0. The number of halogens is 3. The van der Waals surface area contributed by atoms with E-state index in [0.717, 1.165) is 10.2 Å². The SMILES string of the molecule is CC(C)(C)c1nc(CCl)nc(Cl)c1Br. The average molecular weight is 298 g/mol. The van der Waals surface area contributed by atoms with Crippen molar-refractivity contribution in [2.45, 2.75) is 32.1 Å². The van der Waals surface area contributed by atoms with E-state index in [1.54, 1.807) is 0 Å². The molecule has 78 valence electrons. The van der Waals surface area contributed by atoms with E-state index in [1.807, 2.05) is 0 Å². The summed E-state index contributed by atoms with van der Waals surface area (Å²) in [7, 11) is 0. The van der Waals surface area contributed by atoms with Crippen LogP contribution < -0.4 is 0 Å². The highest BCUT2D eigenvalue weighted by Crippen LogP contribution is 2.32. The van der Waals surface area contributed by atoms with Crippen LogP contribution in [0.25, 0.3) is 0 Å². The van der Waals surface area contributed by atoms with Gasteiger partial charge in [0, 0.05) is 5.41 Å². The first kappa shape index (κ1) is 12.2. The first-order valence-electron chi connectivity index (χ1n) is 4.14. The molecule has 0 atom stereocenters. The summed E-state index contributed by atoms with van der Waals surface area (Å²) < 4.78 is 0.750. The van der Waals surface area contributed by atoms with E-state index in [0.29, 0.717) is 11.0 Å². The van der Waals surface area contributed by atoms with Crippen LogP contribution in [0, 0.1) is 0 Å². The summed E-state index contributed by atoms with van der Waals surface area (Å²) in [6.07, 6.45) is 0. The van der Waals surface area contributed by atoms with E-state index in [-0.39, 0.29) is 11.3 Å². The fraction of sp³-hybridized carbons (Fsp3) is 0.556. The average Bonchev–Trinajstić information content (AvgIpc) is 2.07. The van der Waals surface area contributed by atoms with Crippen molar-refractivity contribution in [3.63, 3.8) is 0 Å². The molecule has 2 nitrogen and oxygen atoms in total. The first-order valence-corrected chi connectivity index (χ1v) is 5.85. The minimum Gasteiger partial charge on any atom is -0.235 e. The van der Waals surface area contributed by atoms with Gasteiger partial charge in [-0.25, -0.2) is 9.97 Å². The molecule has 0 N–H and O–H groups in total. The van der Waals surface area contributed by atoms with Crippen LogP contribution in [0.4, 0.5) is 0 Å². The summed E-state index contributed by atoms with van der Waals surface area (Å²) in [6, 6.07) is 0. The molecule has 1 aromatic rings. The van der Waals surface area contributed by atoms with Crippen molar-refractivity contribution in [3.8, 4) is 0 Å². The summed E-state index contributed by atoms with van der Waals surface area (Å²) in [6.45, 7) is 6.19. The minimum absolute atomic E-state index is 0.0772. The van der Waals surface area contributed by atoms with E-state index in [9.17, 15) is 0 Å². The zero-order valence-corrected chi connectivity index (χ0v) is 11.3. The second kappa shape index (κ2) is 4.33. The highest BCUT2D eigenvalue weighted by Gasteiger charge is 2.22. The molecule has 0 aliphatic heterocycles. The topological polar surface area (TPSA) is 25.8 Å². The van der Waals surface area contributed by atoms with Gasteiger partial charge >= 0.3 is 0 Å². The van der Waals surface area contributed by atoms with Gasteiger partial charge in [0.15, 0.2) is 0 Å². The Morgan fingerprint density at radius 1 is 1.29 bits per heavy atom. The lowest BCUT2D eigenvalue weighted by molar-refractivity contribution is 0.560. The molecule has 1 heterocycles. The predicted molar refractivity (Wildman–Crippen MR) is 63.0 cm³/mol. The van der Waals surface area contributed by atoms with Crippen molar-refractivity contribution >= 4 is 39.1 Å². The summed E-state index contributed by atoms with van der Waals surface area (Å²) in [5, 5.41) is 0.417. The molecule has 14 heavy (non-hydrogen) atoms. The Bertz CT molecular complexity index is 347. The van der Waals surface area contributed by atoms with Crippen LogP contribution in [0.15, 0.2) is 4.47 Å². The molecule has 0 radical (unpaired) electrons. The number of alkyl halides is 1. The fourth-order valence-corrected chi connectivity index (χ4v) is 2.10. The Morgan fingerprint density at radius 3 is 2.29 bits per heavy atom. The molecular weight excluding hydrogens is 287 g/mol. The molecule has 0 saturated carbocycles. The second-order valence-electron chi connectivity index (χ2n) is 3.98. The molecule has 5 heteroatoms. The molecule has 0 amide bonds. The molecule has 0 saturated heterocycles. The van der Waals surface area contributed by atoms with Crippen molar-refractivity contribution in [1.29, 1.82) is 0 Å². The summed E-state index contributed by atoms with van der Waals surface area (Å²) in [5.74, 6) is 0.834. The van der Waals surface area contributed by atoms with E-state index in [4.69, 9.17) is 23.2 Å². The van der Waals surface area contributed by atoms with Gasteiger partial charge < -0.3 is 0 Å². The lowest BCUT2D eigenvalue weighted by Crippen LogP contribution is -2.16. The van der Waals surface area contributed by atoms with Crippen molar-refractivity contribution in [2.75, 3.05) is 0 Å². The van der Waals surface area contributed by atoms with Gasteiger partial charge in [0.25, 0.3) is 0 Å². The van der Waals surface area contributed by atoms with Gasteiger partial charge in [-0.2, -0.15) is 0 Å². The zero-order valence-electron chi connectivity index (χ0n) is 8.24. The zero-order chi connectivity index (χ0) is 10.9. The third-order valence-corrected chi connectivity index (χ3v) is 3.18. The van der Waals surface area contributed by atoms with Crippen LogP contribution in [0.5, 0.6) is 0 Å². The first-order chi connectivity index (χ1) is 6.36. The Kier molecular flexibility index (Phi) is 3.78. The second-order valence-corrected chi connectivity index (χ2v) is 5.40. The Hall–Kier alpha value is 0.140. The Labute approximate surface area is 102 Å². The molecule has 0 fully saturated rings. The standard InChI is InChI=1S/C9H11BrCl2N2/c1-9(2,3)7-6(10)8(12)14-5(4-11)13-7/h4H2,1-3H3. The van der Waals surface area contributed by atoms with Crippen molar-refractivity contribution in [3.05, 3.63) is 21.1 Å². The number of rotatable bonds is 1. The molecule has 0 aromatic carbocycles. The Morgan fingerprint density at radius 2 is 1.86 bits per heavy atom. The van der Waals surface area contributed by atoms with E-state index < -0.39 is 0 Å². The summed E-state index contributed by atoms with van der Waals surface area (Å²) in [5.41, 5.74) is 0.805. The number of nitrogens with zero attached hydrogens (tertiary/aromatic N) is 2. The van der Waals surface area contributed by atoms with Crippen molar-refractivity contribution < 1.29 is 0 Å². The van der Waals surface area contributed by atoms with Gasteiger partial charge in [0.05, 0.1) is 16.0 Å². The maximum atomic E-state index is 5.95. The largest absolute Gasteiger partial charge is 0.235 e. The molecule has 1 rings (SSSR count).